The number of benzene rings is 1. The zero-order valence-electron chi connectivity index (χ0n) is 11.5. The van der Waals surface area contributed by atoms with E-state index in [0.29, 0.717) is 12.0 Å². The van der Waals surface area contributed by atoms with Gasteiger partial charge in [0.25, 0.3) is 0 Å². The Morgan fingerprint density at radius 1 is 1.38 bits per heavy atom. The summed E-state index contributed by atoms with van der Waals surface area (Å²) in [5.41, 5.74) is -0.448. The molecule has 118 valence electrons. The van der Waals surface area contributed by atoms with Crippen molar-refractivity contribution in [3.63, 3.8) is 0 Å². The zero-order valence-corrected chi connectivity index (χ0v) is 13.1. The first kappa shape index (κ1) is 16.8. The number of aliphatic hydroxyl groups excluding tert-OH is 1. The maximum absolute atomic E-state index is 12.8. The monoisotopic (exact) mass is 366 g/mol. The van der Waals surface area contributed by atoms with E-state index in [2.05, 4.69) is 15.9 Å². The van der Waals surface area contributed by atoms with Crippen molar-refractivity contribution in [2.24, 2.45) is 0 Å². The van der Waals surface area contributed by atoms with Gasteiger partial charge in [-0.3, -0.25) is 0 Å². The number of rotatable bonds is 5. The molecule has 0 bridgehead atoms. The minimum atomic E-state index is -4.42. The number of hydrogen-bond donors (Lipinski definition) is 1. The van der Waals surface area contributed by atoms with Crippen LogP contribution in [0.2, 0.25) is 0 Å². The molecule has 21 heavy (non-hydrogen) atoms. The van der Waals surface area contributed by atoms with Gasteiger partial charge in [-0.05, 0) is 49.8 Å². The van der Waals surface area contributed by atoms with Crippen LogP contribution in [0.15, 0.2) is 22.7 Å². The van der Waals surface area contributed by atoms with E-state index in [1.807, 2.05) is 0 Å². The van der Waals surface area contributed by atoms with Gasteiger partial charge in [0, 0.05) is 11.1 Å². The molecule has 1 saturated heterocycles. The summed E-state index contributed by atoms with van der Waals surface area (Å²) in [6, 6.07) is 3.87. The predicted molar refractivity (Wildman–Crippen MR) is 76.9 cm³/mol. The summed E-state index contributed by atoms with van der Waals surface area (Å²) < 4.78 is 43.9. The van der Waals surface area contributed by atoms with Crippen LogP contribution in [0.4, 0.5) is 13.2 Å². The van der Waals surface area contributed by atoms with Gasteiger partial charge in [-0.2, -0.15) is 13.2 Å². The van der Waals surface area contributed by atoms with Crippen LogP contribution < -0.4 is 0 Å². The molecule has 2 atom stereocenters. The molecule has 2 unspecified atom stereocenters. The van der Waals surface area contributed by atoms with Crippen molar-refractivity contribution in [1.29, 1.82) is 0 Å². The maximum Gasteiger partial charge on any atom is 0.417 e. The molecule has 0 aromatic heterocycles. The molecule has 0 radical (unpaired) electrons. The fourth-order valence-electron chi connectivity index (χ4n) is 2.54. The minimum Gasteiger partial charge on any atom is -0.388 e. The fourth-order valence-corrected chi connectivity index (χ4v) is 3.02. The Kier molecular flexibility index (Phi) is 5.68. The lowest BCUT2D eigenvalue weighted by molar-refractivity contribution is -0.138. The topological polar surface area (TPSA) is 29.5 Å². The number of hydrogen-bond acceptors (Lipinski definition) is 2. The Labute approximate surface area is 130 Å². The van der Waals surface area contributed by atoms with Crippen LogP contribution in [0, 0.1) is 0 Å². The van der Waals surface area contributed by atoms with E-state index in [1.54, 1.807) is 0 Å². The second-order valence-corrected chi connectivity index (χ2v) is 6.17. The average molecular weight is 367 g/mol. The lowest BCUT2D eigenvalue weighted by atomic mass is 10.00. The molecule has 0 saturated carbocycles. The number of alkyl halides is 3. The highest BCUT2D eigenvalue weighted by Crippen LogP contribution is 2.36. The Bertz CT molecular complexity index is 470. The van der Waals surface area contributed by atoms with Crippen LogP contribution >= 0.6 is 15.9 Å². The molecule has 1 heterocycles. The zero-order chi connectivity index (χ0) is 15.5. The van der Waals surface area contributed by atoms with Crippen molar-refractivity contribution in [3.05, 3.63) is 33.8 Å². The third kappa shape index (κ3) is 4.69. The second-order valence-electron chi connectivity index (χ2n) is 5.32. The third-order valence-corrected chi connectivity index (χ3v) is 4.40. The molecule has 6 heteroatoms. The number of halogens is 4. The van der Waals surface area contributed by atoms with E-state index in [4.69, 9.17) is 4.74 Å². The standard InChI is InChI=1S/C15H18BrF3O2/c16-13-7-6-10(9-12(13)15(17,18)19)14(20)5-1-3-11-4-2-8-21-11/h6-7,9,11,14,20H,1-5,8H2. The van der Waals surface area contributed by atoms with Crippen LogP contribution in [0.1, 0.15) is 49.3 Å². The molecule has 1 aliphatic rings. The number of ether oxygens (including phenoxy) is 1. The highest BCUT2D eigenvalue weighted by atomic mass is 79.9. The summed E-state index contributed by atoms with van der Waals surface area (Å²) in [5.74, 6) is 0. The Morgan fingerprint density at radius 2 is 2.14 bits per heavy atom. The highest BCUT2D eigenvalue weighted by molar-refractivity contribution is 9.10. The van der Waals surface area contributed by atoms with Gasteiger partial charge in [0.1, 0.15) is 0 Å². The number of aliphatic hydroxyl groups is 1. The van der Waals surface area contributed by atoms with Gasteiger partial charge < -0.3 is 9.84 Å². The fraction of sp³-hybridized carbons (Fsp3) is 0.600. The van der Waals surface area contributed by atoms with Crippen LogP contribution in [0.3, 0.4) is 0 Å². The summed E-state index contributed by atoms with van der Waals surface area (Å²) >= 11 is 2.89. The molecule has 1 aromatic rings. The van der Waals surface area contributed by atoms with Crippen molar-refractivity contribution < 1.29 is 23.0 Å². The van der Waals surface area contributed by atoms with Crippen molar-refractivity contribution in [2.75, 3.05) is 6.61 Å². The van der Waals surface area contributed by atoms with E-state index >= 15 is 0 Å². The summed E-state index contributed by atoms with van der Waals surface area (Å²) in [4.78, 5) is 0. The lowest BCUT2D eigenvalue weighted by Crippen LogP contribution is -2.09. The molecular formula is C15H18BrF3O2. The van der Waals surface area contributed by atoms with Gasteiger partial charge in [0.05, 0.1) is 17.8 Å². The van der Waals surface area contributed by atoms with Gasteiger partial charge in [-0.15, -0.1) is 0 Å². The van der Waals surface area contributed by atoms with E-state index < -0.39 is 17.8 Å². The van der Waals surface area contributed by atoms with Gasteiger partial charge in [-0.25, -0.2) is 0 Å². The SMILES string of the molecule is OC(CCCC1CCCO1)c1ccc(Br)c(C(F)(F)F)c1. The molecule has 0 amide bonds. The molecule has 1 aliphatic heterocycles. The van der Waals surface area contributed by atoms with Gasteiger partial charge in [0.2, 0.25) is 0 Å². The summed E-state index contributed by atoms with van der Waals surface area (Å²) in [6.07, 6.45) is -0.927. The second kappa shape index (κ2) is 7.11. The largest absolute Gasteiger partial charge is 0.417 e. The maximum atomic E-state index is 12.8. The molecule has 0 spiro atoms. The predicted octanol–water partition coefficient (Wildman–Crippen LogP) is 4.85. The van der Waals surface area contributed by atoms with Crippen LogP contribution in [0.5, 0.6) is 0 Å². The van der Waals surface area contributed by atoms with Gasteiger partial charge in [0.15, 0.2) is 0 Å². The van der Waals surface area contributed by atoms with Gasteiger partial charge in [-0.1, -0.05) is 22.0 Å². The van der Waals surface area contributed by atoms with Gasteiger partial charge >= 0.3 is 6.18 Å². The average Bonchev–Trinajstić information content (AvgIpc) is 2.91. The summed E-state index contributed by atoms with van der Waals surface area (Å²) in [6.45, 7) is 0.787. The quantitative estimate of drug-likeness (QED) is 0.806. The van der Waals surface area contributed by atoms with Crippen molar-refractivity contribution in [2.45, 2.75) is 50.5 Å². The molecule has 1 fully saturated rings. The normalized spacial score (nSPS) is 20.7. The first-order chi connectivity index (χ1) is 9.88. The molecule has 1 aromatic carbocycles. The van der Waals surface area contributed by atoms with E-state index in [-0.39, 0.29) is 10.6 Å². The Hall–Kier alpha value is -0.590. The molecule has 2 rings (SSSR count). The van der Waals surface area contributed by atoms with Crippen molar-refractivity contribution in [3.8, 4) is 0 Å². The van der Waals surface area contributed by atoms with Crippen LogP contribution in [-0.4, -0.2) is 17.8 Å². The van der Waals surface area contributed by atoms with Crippen molar-refractivity contribution in [1.82, 2.24) is 0 Å². The third-order valence-electron chi connectivity index (χ3n) is 3.71. The molecular weight excluding hydrogens is 349 g/mol. The van der Waals surface area contributed by atoms with E-state index in [9.17, 15) is 18.3 Å². The molecule has 2 nitrogen and oxygen atoms in total. The molecule has 1 N–H and O–H groups in total. The smallest absolute Gasteiger partial charge is 0.388 e. The van der Waals surface area contributed by atoms with Crippen LogP contribution in [-0.2, 0) is 10.9 Å². The lowest BCUT2D eigenvalue weighted by Gasteiger charge is -2.16. The van der Waals surface area contributed by atoms with Crippen molar-refractivity contribution >= 4 is 15.9 Å². The Balaban J connectivity index is 1.93. The minimum absolute atomic E-state index is 0.00898. The van der Waals surface area contributed by atoms with E-state index in [0.717, 1.165) is 38.4 Å². The summed E-state index contributed by atoms with van der Waals surface area (Å²) in [7, 11) is 0. The first-order valence-electron chi connectivity index (χ1n) is 7.04. The van der Waals surface area contributed by atoms with E-state index in [1.165, 1.54) is 12.1 Å². The van der Waals surface area contributed by atoms with Crippen LogP contribution in [0.25, 0.3) is 0 Å². The Morgan fingerprint density at radius 3 is 2.76 bits per heavy atom. The summed E-state index contributed by atoms with van der Waals surface area (Å²) in [5, 5.41) is 10.1. The molecule has 0 aliphatic carbocycles. The highest BCUT2D eigenvalue weighted by Gasteiger charge is 2.33. The first-order valence-corrected chi connectivity index (χ1v) is 7.83.